The van der Waals surface area contributed by atoms with Crippen LogP contribution in [-0.4, -0.2) is 104 Å². The molecule has 0 saturated heterocycles. The molecule has 0 aromatic heterocycles. The molecule has 0 radical (unpaired) electrons. The number of carboxylic acid groups (broad SMARTS) is 1. The van der Waals surface area contributed by atoms with Gasteiger partial charge in [-0.2, -0.15) is 0 Å². The lowest BCUT2D eigenvalue weighted by atomic mass is 10.0. The molecule has 0 saturated carbocycles. The molecule has 0 aliphatic rings. The van der Waals surface area contributed by atoms with Gasteiger partial charge in [-0.25, -0.2) is 9.59 Å². The Morgan fingerprint density at radius 2 is 0.894 bits per heavy atom. The van der Waals surface area contributed by atoms with Gasteiger partial charge in [-0.1, -0.05) is 117 Å². The normalized spacial score (nSPS) is 15.2. The van der Waals surface area contributed by atoms with Gasteiger partial charge in [0.15, 0.2) is 0 Å². The van der Waals surface area contributed by atoms with Gasteiger partial charge in [-0.05, 0) is 12.8 Å². The minimum absolute atomic E-state index is 0.107. The van der Waals surface area contributed by atoms with Crippen LogP contribution >= 0.6 is 0 Å². The van der Waals surface area contributed by atoms with Gasteiger partial charge < -0.3 is 44.8 Å². The Morgan fingerprint density at radius 3 is 1.28 bits per heavy atom. The van der Waals surface area contributed by atoms with Gasteiger partial charge in [0, 0.05) is 12.8 Å². The Kier molecular flexibility index (Phi) is 27.3. The molecule has 0 rings (SSSR count). The molecular weight excluding hydrogens is 616 g/mol. The molecule has 0 spiro atoms. The Morgan fingerprint density at radius 1 is 0.532 bits per heavy atom. The standard InChI is InChI=1S/C34H62O13/c1-3-5-7-9-11-13-15-17-19-21-27(38)46-31(33(42)43)32(34(44)45-24-26(37)30(41)29(40)25(36)23-35)47-28(39)22-20-18-16-14-12-10-8-6-4-2/h25-26,29-32,35-37,40-41H,3-24H2,1-2H3,(H,42,43)/t25-,26-,29-,30-,31-,32-/m1/s1. The lowest BCUT2D eigenvalue weighted by Crippen LogP contribution is -2.49. The maximum absolute atomic E-state index is 12.9. The van der Waals surface area contributed by atoms with Crippen LogP contribution in [0.2, 0.25) is 0 Å². The van der Waals surface area contributed by atoms with E-state index in [1.807, 2.05) is 0 Å². The summed E-state index contributed by atoms with van der Waals surface area (Å²) in [7, 11) is 0. The number of aliphatic hydroxyl groups excluding tert-OH is 5. The maximum atomic E-state index is 12.9. The van der Waals surface area contributed by atoms with Gasteiger partial charge in [0.1, 0.15) is 31.0 Å². The molecule has 276 valence electrons. The highest BCUT2D eigenvalue weighted by Gasteiger charge is 2.42. The molecule has 0 amide bonds. The molecule has 0 heterocycles. The number of carbonyl (C=O) groups is 4. The fourth-order valence-corrected chi connectivity index (χ4v) is 4.95. The number of ether oxygens (including phenoxy) is 3. The molecule has 6 atom stereocenters. The summed E-state index contributed by atoms with van der Waals surface area (Å²) in [4.78, 5) is 50.2. The average molecular weight is 679 g/mol. The molecule has 47 heavy (non-hydrogen) atoms. The van der Waals surface area contributed by atoms with Crippen molar-refractivity contribution < 1.29 is 64.0 Å². The van der Waals surface area contributed by atoms with Crippen molar-refractivity contribution in [2.24, 2.45) is 0 Å². The van der Waals surface area contributed by atoms with Gasteiger partial charge in [0.05, 0.1) is 6.61 Å². The fourth-order valence-electron chi connectivity index (χ4n) is 4.95. The number of rotatable bonds is 31. The molecule has 0 aliphatic heterocycles. The van der Waals surface area contributed by atoms with Gasteiger partial charge in [0.25, 0.3) is 0 Å². The monoisotopic (exact) mass is 678 g/mol. The topological polar surface area (TPSA) is 217 Å². The third-order valence-electron chi connectivity index (χ3n) is 7.96. The minimum Gasteiger partial charge on any atom is -0.478 e. The smallest absolute Gasteiger partial charge is 0.352 e. The van der Waals surface area contributed by atoms with Gasteiger partial charge >= 0.3 is 23.9 Å². The highest BCUT2D eigenvalue weighted by molar-refractivity contribution is 5.88. The van der Waals surface area contributed by atoms with E-state index in [-0.39, 0.29) is 12.8 Å². The Balaban J connectivity index is 5.20. The maximum Gasteiger partial charge on any atom is 0.352 e. The van der Waals surface area contributed by atoms with Crippen molar-refractivity contribution in [1.82, 2.24) is 0 Å². The summed E-state index contributed by atoms with van der Waals surface area (Å²) >= 11 is 0. The lowest BCUT2D eigenvalue weighted by Gasteiger charge is -2.26. The summed E-state index contributed by atoms with van der Waals surface area (Å²) < 4.78 is 15.1. The summed E-state index contributed by atoms with van der Waals surface area (Å²) in [6, 6.07) is 0. The Labute approximate surface area is 280 Å². The summed E-state index contributed by atoms with van der Waals surface area (Å²) in [6.45, 7) is 2.38. The number of carboxylic acids is 1. The zero-order valence-corrected chi connectivity index (χ0v) is 28.6. The first-order valence-electron chi connectivity index (χ1n) is 17.6. The number of hydrogen-bond acceptors (Lipinski definition) is 12. The van der Waals surface area contributed by atoms with E-state index in [0.717, 1.165) is 70.6 Å². The van der Waals surface area contributed by atoms with E-state index < -0.39 is 73.7 Å². The molecule has 0 aliphatic carbocycles. The third kappa shape index (κ3) is 22.0. The van der Waals surface area contributed by atoms with E-state index in [4.69, 9.17) is 19.3 Å². The predicted molar refractivity (Wildman–Crippen MR) is 173 cm³/mol. The Bertz CT molecular complexity index is 837. The van der Waals surface area contributed by atoms with Crippen LogP contribution < -0.4 is 0 Å². The quantitative estimate of drug-likeness (QED) is 0.0350. The van der Waals surface area contributed by atoms with Crippen LogP contribution in [0.3, 0.4) is 0 Å². The van der Waals surface area contributed by atoms with Crippen molar-refractivity contribution in [3.63, 3.8) is 0 Å². The first-order valence-corrected chi connectivity index (χ1v) is 17.6. The van der Waals surface area contributed by atoms with Crippen molar-refractivity contribution in [3.05, 3.63) is 0 Å². The number of aliphatic carboxylic acids is 1. The van der Waals surface area contributed by atoms with Crippen molar-refractivity contribution >= 4 is 23.9 Å². The second-order valence-corrected chi connectivity index (χ2v) is 12.2. The van der Waals surface area contributed by atoms with Crippen LogP contribution in [0.1, 0.15) is 142 Å². The molecule has 13 nitrogen and oxygen atoms in total. The molecule has 0 aromatic rings. The van der Waals surface area contributed by atoms with Gasteiger partial charge in [0.2, 0.25) is 12.2 Å². The van der Waals surface area contributed by atoms with E-state index in [1.54, 1.807) is 0 Å². The summed E-state index contributed by atoms with van der Waals surface area (Å²) in [6.07, 6.45) is 5.35. The van der Waals surface area contributed by atoms with Crippen LogP contribution in [0.25, 0.3) is 0 Å². The molecule has 13 heteroatoms. The first-order chi connectivity index (χ1) is 22.5. The zero-order valence-electron chi connectivity index (χ0n) is 28.6. The molecule has 6 N–H and O–H groups in total. The number of carbonyl (C=O) groups excluding carboxylic acids is 3. The molecule has 0 aromatic carbocycles. The van der Waals surface area contributed by atoms with Gasteiger partial charge in [-0.15, -0.1) is 0 Å². The van der Waals surface area contributed by atoms with E-state index in [1.165, 1.54) is 32.1 Å². The van der Waals surface area contributed by atoms with Crippen LogP contribution in [0.15, 0.2) is 0 Å². The summed E-state index contributed by atoms with van der Waals surface area (Å²) in [5.74, 6) is -5.02. The third-order valence-corrected chi connectivity index (χ3v) is 7.96. The van der Waals surface area contributed by atoms with E-state index in [9.17, 15) is 44.7 Å². The Hall–Kier alpha value is -2.32. The molecule has 0 unspecified atom stereocenters. The minimum atomic E-state index is -2.23. The van der Waals surface area contributed by atoms with Crippen molar-refractivity contribution in [2.75, 3.05) is 13.2 Å². The second-order valence-electron chi connectivity index (χ2n) is 12.2. The number of hydrogen-bond donors (Lipinski definition) is 6. The van der Waals surface area contributed by atoms with E-state index >= 15 is 0 Å². The van der Waals surface area contributed by atoms with E-state index in [2.05, 4.69) is 13.8 Å². The number of esters is 3. The van der Waals surface area contributed by atoms with Crippen molar-refractivity contribution in [3.8, 4) is 0 Å². The number of unbranched alkanes of at least 4 members (excludes halogenated alkanes) is 16. The highest BCUT2D eigenvalue weighted by Crippen LogP contribution is 2.16. The van der Waals surface area contributed by atoms with Crippen LogP contribution in [-0.2, 0) is 33.4 Å². The molecule has 0 fully saturated rings. The largest absolute Gasteiger partial charge is 0.478 e. The number of aliphatic hydroxyl groups is 5. The molecular formula is C34H62O13. The lowest BCUT2D eigenvalue weighted by molar-refractivity contribution is -0.192. The molecule has 0 bridgehead atoms. The van der Waals surface area contributed by atoms with Gasteiger partial charge in [-0.3, -0.25) is 9.59 Å². The average Bonchev–Trinajstić information content (AvgIpc) is 3.05. The first kappa shape index (κ1) is 44.7. The summed E-state index contributed by atoms with van der Waals surface area (Å²) in [5, 5.41) is 58.1. The zero-order chi connectivity index (χ0) is 35.5. The van der Waals surface area contributed by atoms with Crippen LogP contribution in [0, 0.1) is 0 Å². The van der Waals surface area contributed by atoms with Crippen LogP contribution in [0.5, 0.6) is 0 Å². The van der Waals surface area contributed by atoms with E-state index in [0.29, 0.717) is 12.8 Å². The van der Waals surface area contributed by atoms with Crippen molar-refractivity contribution in [1.29, 1.82) is 0 Å². The van der Waals surface area contributed by atoms with Crippen LogP contribution in [0.4, 0.5) is 0 Å². The van der Waals surface area contributed by atoms with Crippen molar-refractivity contribution in [2.45, 2.75) is 179 Å². The summed E-state index contributed by atoms with van der Waals surface area (Å²) in [5.41, 5.74) is 0. The highest BCUT2D eigenvalue weighted by atomic mass is 16.6. The SMILES string of the molecule is CCCCCCCCCCCC(=O)O[C@@H](C(=O)O)[C@@H](OC(=O)CCCCCCCCCCC)C(=O)OC[C@@H](O)[C@@H](O)[C@H](O)[C@H](O)CO. The second kappa shape index (κ2) is 28.7. The fraction of sp³-hybridized carbons (Fsp3) is 0.882. The predicted octanol–water partition coefficient (Wildman–Crippen LogP) is 3.72.